The summed E-state index contributed by atoms with van der Waals surface area (Å²) in [6.07, 6.45) is 4.35. The van der Waals surface area contributed by atoms with Gasteiger partial charge in [-0.3, -0.25) is 14.6 Å². The third-order valence-corrected chi connectivity index (χ3v) is 4.27. The van der Waals surface area contributed by atoms with E-state index < -0.39 is 11.9 Å². The number of nitrogens with zero attached hydrogens (tertiary/aromatic N) is 2. The van der Waals surface area contributed by atoms with Gasteiger partial charge in [-0.25, -0.2) is 0 Å². The molecule has 2 aliphatic rings. The molecule has 1 aromatic rings. The second-order valence-electron chi connectivity index (χ2n) is 5.58. The van der Waals surface area contributed by atoms with Crippen molar-refractivity contribution < 1.29 is 19.4 Å². The Labute approximate surface area is 122 Å². The average Bonchev–Trinajstić information content (AvgIpc) is 3.17. The number of carboxylic acid groups (broad SMARTS) is 1. The summed E-state index contributed by atoms with van der Waals surface area (Å²) in [6, 6.07) is 3.74. The van der Waals surface area contributed by atoms with E-state index in [9.17, 15) is 9.59 Å². The third kappa shape index (κ3) is 2.76. The van der Waals surface area contributed by atoms with Gasteiger partial charge in [0.25, 0.3) is 0 Å². The van der Waals surface area contributed by atoms with Gasteiger partial charge in [0.2, 0.25) is 5.91 Å². The van der Waals surface area contributed by atoms with Gasteiger partial charge in [-0.1, -0.05) is 6.07 Å². The maximum absolute atomic E-state index is 12.6. The van der Waals surface area contributed by atoms with Gasteiger partial charge in [0.1, 0.15) is 0 Å². The summed E-state index contributed by atoms with van der Waals surface area (Å²) in [6.45, 7) is 1.38. The molecule has 0 radical (unpaired) electrons. The van der Waals surface area contributed by atoms with Crippen molar-refractivity contribution in [3.8, 4) is 0 Å². The topological polar surface area (TPSA) is 79.7 Å². The Hall–Kier alpha value is -1.95. The van der Waals surface area contributed by atoms with Crippen LogP contribution in [-0.4, -0.2) is 46.6 Å². The van der Waals surface area contributed by atoms with Crippen molar-refractivity contribution in [2.24, 2.45) is 11.8 Å². The van der Waals surface area contributed by atoms with E-state index in [2.05, 4.69) is 4.98 Å². The van der Waals surface area contributed by atoms with Crippen LogP contribution in [0.3, 0.4) is 0 Å². The standard InChI is InChI=1S/C15H18N2O4/c18-14(17-6-3-11(9-17)15(19)20)12-4-7-21-13(12)10-2-1-5-16-8-10/h1-2,5,8,11-13H,3-4,6-7,9H2,(H,19,20)/t11?,12-,13+/m0/s1. The van der Waals surface area contributed by atoms with Gasteiger partial charge in [0.05, 0.1) is 17.9 Å². The van der Waals surface area contributed by atoms with Gasteiger partial charge in [0.15, 0.2) is 0 Å². The zero-order chi connectivity index (χ0) is 14.8. The third-order valence-electron chi connectivity index (χ3n) is 4.27. The number of hydrogen-bond donors (Lipinski definition) is 1. The number of amides is 1. The Kier molecular flexibility index (Phi) is 3.88. The van der Waals surface area contributed by atoms with Crippen molar-refractivity contribution in [1.29, 1.82) is 0 Å². The molecule has 3 atom stereocenters. The number of pyridine rings is 1. The van der Waals surface area contributed by atoms with Crippen LogP contribution in [0, 0.1) is 11.8 Å². The highest BCUT2D eigenvalue weighted by Gasteiger charge is 2.40. The van der Waals surface area contributed by atoms with E-state index in [1.54, 1.807) is 17.3 Å². The van der Waals surface area contributed by atoms with E-state index in [0.29, 0.717) is 32.5 Å². The fourth-order valence-electron chi connectivity index (χ4n) is 3.11. The van der Waals surface area contributed by atoms with E-state index in [4.69, 9.17) is 9.84 Å². The van der Waals surface area contributed by atoms with Crippen LogP contribution in [0.25, 0.3) is 0 Å². The van der Waals surface area contributed by atoms with Crippen molar-refractivity contribution in [2.45, 2.75) is 18.9 Å². The molecule has 6 nitrogen and oxygen atoms in total. The van der Waals surface area contributed by atoms with Crippen LogP contribution in [0.5, 0.6) is 0 Å². The number of carboxylic acids is 1. The lowest BCUT2D eigenvalue weighted by Crippen LogP contribution is -2.36. The van der Waals surface area contributed by atoms with E-state index in [1.165, 1.54) is 0 Å². The number of rotatable bonds is 3. The number of aliphatic carboxylic acids is 1. The van der Waals surface area contributed by atoms with Crippen LogP contribution in [0.1, 0.15) is 24.5 Å². The predicted molar refractivity (Wildman–Crippen MR) is 73.4 cm³/mol. The van der Waals surface area contributed by atoms with Crippen LogP contribution in [-0.2, 0) is 14.3 Å². The van der Waals surface area contributed by atoms with E-state index in [1.807, 2.05) is 12.1 Å². The summed E-state index contributed by atoms with van der Waals surface area (Å²) in [5.41, 5.74) is 0.905. The van der Waals surface area contributed by atoms with Crippen molar-refractivity contribution in [1.82, 2.24) is 9.88 Å². The minimum atomic E-state index is -0.822. The highest BCUT2D eigenvalue weighted by Crippen LogP contribution is 2.36. The zero-order valence-electron chi connectivity index (χ0n) is 11.6. The maximum atomic E-state index is 12.6. The molecule has 1 aromatic heterocycles. The van der Waals surface area contributed by atoms with Crippen molar-refractivity contribution >= 4 is 11.9 Å². The van der Waals surface area contributed by atoms with Gasteiger partial charge in [-0.05, 0) is 24.5 Å². The van der Waals surface area contributed by atoms with Gasteiger partial charge >= 0.3 is 5.97 Å². The van der Waals surface area contributed by atoms with E-state index >= 15 is 0 Å². The minimum absolute atomic E-state index is 0.00473. The van der Waals surface area contributed by atoms with Crippen LogP contribution < -0.4 is 0 Å². The normalized spacial score (nSPS) is 28.8. The number of aromatic nitrogens is 1. The Morgan fingerprint density at radius 1 is 1.38 bits per heavy atom. The monoisotopic (exact) mass is 290 g/mol. The second kappa shape index (κ2) is 5.81. The lowest BCUT2D eigenvalue weighted by molar-refractivity contribution is -0.141. The second-order valence-corrected chi connectivity index (χ2v) is 5.58. The Bertz CT molecular complexity index is 534. The van der Waals surface area contributed by atoms with Crippen molar-refractivity contribution in [2.75, 3.05) is 19.7 Å². The molecule has 0 bridgehead atoms. The summed E-state index contributed by atoms with van der Waals surface area (Å²) in [5.74, 6) is -1.49. The first-order valence-electron chi connectivity index (χ1n) is 7.20. The molecule has 0 spiro atoms. The molecule has 1 N–H and O–H groups in total. The highest BCUT2D eigenvalue weighted by atomic mass is 16.5. The SMILES string of the molecule is O=C(O)C1CCN(C(=O)[C@H]2CCO[C@@H]2c2cccnc2)C1. The minimum Gasteiger partial charge on any atom is -0.481 e. The number of ether oxygens (including phenoxy) is 1. The molecule has 6 heteroatoms. The molecule has 2 aliphatic heterocycles. The van der Waals surface area contributed by atoms with Crippen molar-refractivity contribution in [3.05, 3.63) is 30.1 Å². The first-order valence-corrected chi connectivity index (χ1v) is 7.20. The number of likely N-dealkylation sites (tertiary alicyclic amines) is 1. The van der Waals surface area contributed by atoms with Gasteiger partial charge in [-0.2, -0.15) is 0 Å². The van der Waals surface area contributed by atoms with Gasteiger partial charge in [-0.15, -0.1) is 0 Å². The maximum Gasteiger partial charge on any atom is 0.308 e. The molecular weight excluding hydrogens is 272 g/mol. The molecule has 112 valence electrons. The van der Waals surface area contributed by atoms with Gasteiger partial charge in [0, 0.05) is 32.1 Å². The number of hydrogen-bond acceptors (Lipinski definition) is 4. The lowest BCUT2D eigenvalue weighted by Gasteiger charge is -2.24. The van der Waals surface area contributed by atoms with Crippen LogP contribution >= 0.6 is 0 Å². The molecule has 0 aromatic carbocycles. The fourth-order valence-corrected chi connectivity index (χ4v) is 3.11. The molecule has 3 rings (SSSR count). The van der Waals surface area contributed by atoms with Crippen molar-refractivity contribution in [3.63, 3.8) is 0 Å². The summed E-state index contributed by atoms with van der Waals surface area (Å²) >= 11 is 0. The molecule has 1 amide bonds. The summed E-state index contributed by atoms with van der Waals surface area (Å²) in [5, 5.41) is 9.04. The highest BCUT2D eigenvalue weighted by molar-refractivity contribution is 5.81. The number of carbonyl (C=O) groups is 2. The summed E-state index contributed by atoms with van der Waals surface area (Å²) < 4.78 is 5.70. The molecule has 1 unspecified atom stereocenters. The molecule has 21 heavy (non-hydrogen) atoms. The average molecular weight is 290 g/mol. The Balaban J connectivity index is 1.71. The van der Waals surface area contributed by atoms with Crippen LogP contribution in [0.4, 0.5) is 0 Å². The molecular formula is C15H18N2O4. The fraction of sp³-hybridized carbons (Fsp3) is 0.533. The largest absolute Gasteiger partial charge is 0.481 e. The molecule has 2 fully saturated rings. The summed E-state index contributed by atoms with van der Waals surface area (Å²) in [4.78, 5) is 29.4. The Morgan fingerprint density at radius 2 is 2.24 bits per heavy atom. The van der Waals surface area contributed by atoms with Gasteiger partial charge < -0.3 is 14.7 Å². The zero-order valence-corrected chi connectivity index (χ0v) is 11.6. The van der Waals surface area contributed by atoms with E-state index in [0.717, 1.165) is 5.56 Å². The van der Waals surface area contributed by atoms with Crippen LogP contribution in [0.15, 0.2) is 24.5 Å². The number of carbonyl (C=O) groups excluding carboxylic acids is 1. The first kappa shape index (κ1) is 14.0. The summed E-state index contributed by atoms with van der Waals surface area (Å²) in [7, 11) is 0. The molecule has 0 saturated carbocycles. The molecule has 0 aliphatic carbocycles. The smallest absolute Gasteiger partial charge is 0.308 e. The molecule has 2 saturated heterocycles. The first-order chi connectivity index (χ1) is 10.2. The van der Waals surface area contributed by atoms with Crippen LogP contribution in [0.2, 0.25) is 0 Å². The van der Waals surface area contributed by atoms with E-state index in [-0.39, 0.29) is 17.9 Å². The lowest BCUT2D eigenvalue weighted by atomic mass is 9.95. The molecule has 3 heterocycles. The quantitative estimate of drug-likeness (QED) is 0.901. The predicted octanol–water partition coefficient (Wildman–Crippen LogP) is 1.09. The Morgan fingerprint density at radius 3 is 2.90 bits per heavy atom.